The van der Waals surface area contributed by atoms with Crippen LogP contribution in [0.3, 0.4) is 0 Å². The summed E-state index contributed by atoms with van der Waals surface area (Å²) in [5.41, 5.74) is 0. The lowest BCUT2D eigenvalue weighted by Gasteiger charge is -2.22. The quantitative estimate of drug-likeness (QED) is 0.330. The van der Waals surface area contributed by atoms with Crippen molar-refractivity contribution in [3.8, 4) is 0 Å². The van der Waals surface area contributed by atoms with Gasteiger partial charge in [0.2, 0.25) is 5.91 Å². The average Bonchev–Trinajstić information content (AvgIpc) is 3.26. The van der Waals surface area contributed by atoms with Crippen LogP contribution in [0.5, 0.6) is 0 Å². The number of carbonyl (C=O) groups excluding carboxylic acids is 1. The molecule has 150 valence electrons. The number of likely N-dealkylation sites (N-methyl/N-ethyl adjacent to an activating group) is 2. The third-order valence-electron chi connectivity index (χ3n) is 3.79. The van der Waals surface area contributed by atoms with Crippen molar-refractivity contribution < 1.29 is 4.79 Å². The van der Waals surface area contributed by atoms with E-state index in [2.05, 4.69) is 44.6 Å². The first-order valence-corrected chi connectivity index (χ1v) is 10.3. The molecule has 0 bridgehead atoms. The van der Waals surface area contributed by atoms with Crippen molar-refractivity contribution in [1.82, 2.24) is 20.1 Å². The number of hydrogen-bond donors (Lipinski definition) is 1. The van der Waals surface area contributed by atoms with Crippen LogP contribution in [0.25, 0.3) is 0 Å². The Morgan fingerprint density at radius 2 is 2.07 bits per heavy atom. The predicted molar refractivity (Wildman–Crippen MR) is 126 cm³/mol. The van der Waals surface area contributed by atoms with Gasteiger partial charge in [0.1, 0.15) is 6.54 Å². The molecule has 2 heterocycles. The molecule has 0 aliphatic carbocycles. The molecule has 0 spiro atoms. The van der Waals surface area contributed by atoms with E-state index in [1.165, 1.54) is 9.75 Å². The number of guanidine groups is 1. The molecule has 2 rings (SSSR count). The minimum Gasteiger partial charge on any atom is -0.356 e. The molecule has 0 aliphatic rings. The summed E-state index contributed by atoms with van der Waals surface area (Å²) in [4.78, 5) is 27.0. The lowest BCUT2D eigenvalue weighted by Crippen LogP contribution is -2.41. The number of carbonyl (C=O) groups is 1. The van der Waals surface area contributed by atoms with Gasteiger partial charge < -0.3 is 15.1 Å². The molecule has 2 aromatic heterocycles. The van der Waals surface area contributed by atoms with Crippen LogP contribution in [0.1, 0.15) is 14.8 Å². The Morgan fingerprint density at radius 1 is 1.30 bits per heavy atom. The van der Waals surface area contributed by atoms with Crippen LogP contribution in [0.15, 0.2) is 28.7 Å². The number of amides is 1. The number of halogens is 1. The summed E-state index contributed by atoms with van der Waals surface area (Å²) in [6.07, 6.45) is 3.71. The Hall–Kier alpha value is -1.20. The summed E-state index contributed by atoms with van der Waals surface area (Å²) < 4.78 is 0. The molecule has 0 saturated heterocycles. The summed E-state index contributed by atoms with van der Waals surface area (Å²) in [7, 11) is 5.49. The highest BCUT2D eigenvalue weighted by molar-refractivity contribution is 14.0. The van der Waals surface area contributed by atoms with Gasteiger partial charge in [-0.25, -0.2) is 9.98 Å². The minimum atomic E-state index is -0.00787. The van der Waals surface area contributed by atoms with E-state index >= 15 is 0 Å². The Morgan fingerprint density at radius 3 is 2.67 bits per heavy atom. The highest BCUT2D eigenvalue weighted by Gasteiger charge is 2.10. The molecular weight excluding hydrogens is 493 g/mol. The van der Waals surface area contributed by atoms with Crippen LogP contribution >= 0.6 is 46.7 Å². The number of aliphatic imine (C=N–C) groups is 1. The number of thiazole rings is 1. The Labute approximate surface area is 186 Å². The van der Waals surface area contributed by atoms with E-state index in [1.54, 1.807) is 41.7 Å². The number of thiophene rings is 1. The van der Waals surface area contributed by atoms with Crippen molar-refractivity contribution >= 4 is 58.5 Å². The fourth-order valence-corrected chi connectivity index (χ4v) is 3.72. The van der Waals surface area contributed by atoms with Crippen molar-refractivity contribution in [3.05, 3.63) is 38.5 Å². The van der Waals surface area contributed by atoms with Crippen LogP contribution in [-0.2, 0) is 17.6 Å². The van der Waals surface area contributed by atoms with Crippen molar-refractivity contribution in [1.29, 1.82) is 0 Å². The molecule has 0 saturated carbocycles. The predicted octanol–water partition coefficient (Wildman–Crippen LogP) is 2.88. The second-order valence-corrected chi connectivity index (χ2v) is 8.57. The van der Waals surface area contributed by atoms with Gasteiger partial charge in [-0.15, -0.1) is 46.7 Å². The standard InChI is InChI=1S/C18H27N5OS2.HI/c1-14-12-20-16(26-14)8-10-23(4)18(21-13-17(24)22(2)3)19-9-7-15-6-5-11-25-15;/h5-6,11-12H,7-10,13H2,1-4H3,(H,19,21);1H. The summed E-state index contributed by atoms with van der Waals surface area (Å²) in [5, 5.41) is 6.60. The smallest absolute Gasteiger partial charge is 0.243 e. The van der Waals surface area contributed by atoms with Crippen molar-refractivity contribution in [2.24, 2.45) is 4.99 Å². The zero-order valence-corrected chi connectivity index (χ0v) is 20.2. The molecule has 0 radical (unpaired) electrons. The second kappa shape index (κ2) is 12.3. The van der Waals surface area contributed by atoms with Gasteiger partial charge in [0.25, 0.3) is 0 Å². The number of aromatic nitrogens is 1. The maximum atomic E-state index is 11.9. The minimum absolute atomic E-state index is 0. The van der Waals surface area contributed by atoms with Crippen LogP contribution in [0.4, 0.5) is 0 Å². The van der Waals surface area contributed by atoms with E-state index in [4.69, 9.17) is 0 Å². The third kappa shape index (κ3) is 8.56. The molecule has 0 atom stereocenters. The maximum Gasteiger partial charge on any atom is 0.243 e. The van der Waals surface area contributed by atoms with E-state index in [0.29, 0.717) is 0 Å². The third-order valence-corrected chi connectivity index (χ3v) is 5.70. The number of aryl methyl sites for hydroxylation is 1. The number of rotatable bonds is 8. The average molecular weight is 521 g/mol. The molecule has 0 aromatic carbocycles. The van der Waals surface area contributed by atoms with Crippen molar-refractivity contribution in [2.45, 2.75) is 19.8 Å². The second-order valence-electron chi connectivity index (χ2n) is 6.22. The summed E-state index contributed by atoms with van der Waals surface area (Å²) in [6, 6.07) is 4.19. The number of nitrogens with zero attached hydrogens (tertiary/aromatic N) is 4. The molecule has 2 aromatic rings. The van der Waals surface area contributed by atoms with E-state index in [9.17, 15) is 4.79 Å². The van der Waals surface area contributed by atoms with Gasteiger partial charge in [-0.05, 0) is 24.8 Å². The molecule has 27 heavy (non-hydrogen) atoms. The molecule has 1 amide bonds. The Kier molecular flexibility index (Phi) is 10.9. The lowest BCUT2D eigenvalue weighted by atomic mass is 10.3. The molecule has 0 unspecified atom stereocenters. The van der Waals surface area contributed by atoms with Crippen molar-refractivity contribution in [2.75, 3.05) is 40.8 Å². The van der Waals surface area contributed by atoms with Crippen molar-refractivity contribution in [3.63, 3.8) is 0 Å². The highest BCUT2D eigenvalue weighted by Crippen LogP contribution is 2.12. The van der Waals surface area contributed by atoms with Crippen LogP contribution in [0, 0.1) is 6.92 Å². The Balaban J connectivity index is 0.00000364. The van der Waals surface area contributed by atoms with Crippen LogP contribution < -0.4 is 5.32 Å². The molecule has 1 N–H and O–H groups in total. The topological polar surface area (TPSA) is 60.8 Å². The van der Waals surface area contributed by atoms with Gasteiger partial charge in [-0.1, -0.05) is 6.07 Å². The van der Waals surface area contributed by atoms with E-state index in [1.807, 2.05) is 13.2 Å². The fraction of sp³-hybridized carbons (Fsp3) is 0.500. The van der Waals surface area contributed by atoms with E-state index < -0.39 is 0 Å². The molecule has 9 heteroatoms. The summed E-state index contributed by atoms with van der Waals surface area (Å²) in [5.74, 6) is 0.747. The zero-order chi connectivity index (χ0) is 18.9. The highest BCUT2D eigenvalue weighted by atomic mass is 127. The van der Waals surface area contributed by atoms with Gasteiger partial charge in [-0.3, -0.25) is 4.79 Å². The monoisotopic (exact) mass is 521 g/mol. The van der Waals surface area contributed by atoms with Gasteiger partial charge >= 0.3 is 0 Å². The van der Waals surface area contributed by atoms with E-state index in [0.717, 1.165) is 36.9 Å². The zero-order valence-electron chi connectivity index (χ0n) is 16.3. The molecule has 6 nitrogen and oxygen atoms in total. The first-order valence-electron chi connectivity index (χ1n) is 8.59. The van der Waals surface area contributed by atoms with Gasteiger partial charge in [0, 0.05) is 56.6 Å². The normalized spacial score (nSPS) is 11.0. The number of nitrogens with one attached hydrogen (secondary N) is 1. The lowest BCUT2D eigenvalue weighted by molar-refractivity contribution is -0.127. The summed E-state index contributed by atoms with van der Waals surface area (Å²) in [6.45, 7) is 3.80. The van der Waals surface area contributed by atoms with Gasteiger partial charge in [-0.2, -0.15) is 0 Å². The largest absolute Gasteiger partial charge is 0.356 e. The fourth-order valence-electron chi connectivity index (χ4n) is 2.23. The van der Waals surface area contributed by atoms with E-state index in [-0.39, 0.29) is 36.4 Å². The molecule has 0 fully saturated rings. The SMILES string of the molecule is Cc1cnc(CCN(C)C(=NCC(=O)N(C)C)NCCc2cccs2)s1.I. The van der Waals surface area contributed by atoms with Gasteiger partial charge in [0.05, 0.1) is 5.01 Å². The number of hydrogen-bond acceptors (Lipinski definition) is 5. The molecule has 0 aliphatic heterocycles. The first kappa shape index (κ1) is 23.8. The Bertz CT molecular complexity index is 715. The maximum absolute atomic E-state index is 11.9. The summed E-state index contributed by atoms with van der Waals surface area (Å²) >= 11 is 3.48. The molecular formula is C18H28IN5OS2. The van der Waals surface area contributed by atoms with Gasteiger partial charge in [0.15, 0.2) is 5.96 Å². The van der Waals surface area contributed by atoms with Crippen LogP contribution in [-0.4, -0.2) is 67.4 Å². The first-order chi connectivity index (χ1) is 12.5. The van der Waals surface area contributed by atoms with Crippen LogP contribution in [0.2, 0.25) is 0 Å².